The van der Waals surface area contributed by atoms with Crippen LogP contribution in [0.1, 0.15) is 101 Å². The second-order valence-corrected chi connectivity index (χ2v) is 13.3. The predicted molar refractivity (Wildman–Crippen MR) is 192 cm³/mol. The minimum atomic E-state index is -2.75. The van der Waals surface area contributed by atoms with E-state index in [1.54, 1.807) is 22.9 Å². The number of carbonyl (C=O) groups is 3. The van der Waals surface area contributed by atoms with Crippen LogP contribution < -0.4 is 16.0 Å². The largest absolute Gasteiger partial charge is 0.469 e. The van der Waals surface area contributed by atoms with Crippen LogP contribution in [0.3, 0.4) is 0 Å². The Morgan fingerprint density at radius 2 is 1.74 bits per heavy atom. The molecule has 3 aliphatic rings. The summed E-state index contributed by atoms with van der Waals surface area (Å²) in [6.07, 6.45) is 8.98. The molecule has 0 radical (unpaired) electrons. The van der Waals surface area contributed by atoms with Gasteiger partial charge in [0.15, 0.2) is 0 Å². The minimum Gasteiger partial charge on any atom is -0.469 e. The maximum absolute atomic E-state index is 14.4. The van der Waals surface area contributed by atoms with Gasteiger partial charge in [0.25, 0.3) is 6.43 Å². The SMILES string of the molecule is CN=CC(=CN)c1cc2c(cc1C(F)F)N(C(=N)C1=C(NC3CCN(C(=O)CCCCCCCC(=O)OC)CC3)CCN(C(C)=O)C1)CCC2. The lowest BCUT2D eigenvalue weighted by atomic mass is 9.91. The van der Waals surface area contributed by atoms with E-state index in [0.29, 0.717) is 74.3 Å². The lowest BCUT2D eigenvalue weighted by Crippen LogP contribution is -2.48. The van der Waals surface area contributed by atoms with Gasteiger partial charge in [-0.2, -0.15) is 0 Å². The predicted octanol–water partition coefficient (Wildman–Crippen LogP) is 5.34. The van der Waals surface area contributed by atoms with E-state index in [4.69, 9.17) is 5.73 Å². The van der Waals surface area contributed by atoms with Crippen LogP contribution in [0.4, 0.5) is 14.5 Å². The fourth-order valence-electron chi connectivity index (χ4n) is 7.08. The van der Waals surface area contributed by atoms with Gasteiger partial charge in [0.05, 0.1) is 13.7 Å². The molecule has 0 spiro atoms. The van der Waals surface area contributed by atoms with E-state index >= 15 is 0 Å². The summed E-state index contributed by atoms with van der Waals surface area (Å²) in [5.74, 6) is 0.108. The molecule has 11 nitrogen and oxygen atoms in total. The Hall–Kier alpha value is -4.29. The molecule has 3 heterocycles. The molecule has 1 fully saturated rings. The van der Waals surface area contributed by atoms with Crippen molar-refractivity contribution in [2.45, 2.75) is 96.4 Å². The number of rotatable bonds is 14. The molecule has 50 heavy (non-hydrogen) atoms. The van der Waals surface area contributed by atoms with Crippen LogP contribution in [-0.4, -0.2) is 92.6 Å². The second-order valence-electron chi connectivity index (χ2n) is 13.3. The van der Waals surface area contributed by atoms with Crippen LogP contribution in [0, 0.1) is 5.41 Å². The van der Waals surface area contributed by atoms with Gasteiger partial charge >= 0.3 is 5.97 Å². The summed E-state index contributed by atoms with van der Waals surface area (Å²) in [5.41, 5.74) is 9.38. The van der Waals surface area contributed by atoms with Gasteiger partial charge in [-0.15, -0.1) is 0 Å². The van der Waals surface area contributed by atoms with E-state index in [1.807, 2.05) is 4.90 Å². The molecule has 3 aliphatic heterocycles. The first-order valence-corrected chi connectivity index (χ1v) is 17.8. The van der Waals surface area contributed by atoms with Gasteiger partial charge in [-0.05, 0) is 61.8 Å². The first kappa shape index (κ1) is 38.5. The van der Waals surface area contributed by atoms with Gasteiger partial charge < -0.3 is 30.5 Å². The third-order valence-electron chi connectivity index (χ3n) is 9.93. The fourth-order valence-corrected chi connectivity index (χ4v) is 7.08. The number of aryl methyl sites for hydroxylation is 1. The number of nitrogens with zero attached hydrogens (tertiary/aromatic N) is 4. The maximum atomic E-state index is 14.4. The monoisotopic (exact) mass is 697 g/mol. The normalized spacial score (nSPS) is 17.4. The van der Waals surface area contributed by atoms with Crippen LogP contribution in [0.2, 0.25) is 0 Å². The molecule has 0 aliphatic carbocycles. The van der Waals surface area contributed by atoms with Crippen molar-refractivity contribution in [3.63, 3.8) is 0 Å². The molecule has 274 valence electrons. The summed E-state index contributed by atoms with van der Waals surface area (Å²) in [4.78, 5) is 46.0. The number of aliphatic imine (C=N–C) groups is 1. The number of halogens is 2. The lowest BCUT2D eigenvalue weighted by Gasteiger charge is -2.39. The summed E-state index contributed by atoms with van der Waals surface area (Å²) in [7, 11) is 2.96. The molecule has 2 amide bonds. The Morgan fingerprint density at radius 3 is 2.38 bits per heavy atom. The van der Waals surface area contributed by atoms with Gasteiger partial charge in [-0.1, -0.05) is 19.3 Å². The zero-order chi connectivity index (χ0) is 36.2. The highest BCUT2D eigenvalue weighted by atomic mass is 19.3. The van der Waals surface area contributed by atoms with E-state index < -0.39 is 6.43 Å². The molecule has 4 N–H and O–H groups in total. The molecular weight excluding hydrogens is 644 g/mol. The number of hydrogen-bond donors (Lipinski definition) is 3. The smallest absolute Gasteiger partial charge is 0.305 e. The summed E-state index contributed by atoms with van der Waals surface area (Å²) < 4.78 is 33.5. The number of benzene rings is 1. The molecule has 1 aromatic carbocycles. The van der Waals surface area contributed by atoms with Crippen molar-refractivity contribution in [2.24, 2.45) is 10.7 Å². The number of fused-ring (bicyclic) bond motifs is 1. The van der Waals surface area contributed by atoms with Crippen molar-refractivity contribution in [3.05, 3.63) is 46.3 Å². The standard InChI is InChI=1S/C37H53F2N7O4/c1-25(47)45-19-15-32(43-28-13-17-44(18-14-28)34(48)11-7-5-4-6-8-12-35(49)50-3)31(24-45)37(41)46-16-9-10-26-20-29(27(22-40)23-42-2)30(36(38)39)21-33(26)46/h20-23,28,36,41,43H,4-19,24,40H2,1-3H3. The number of unbranched alkanes of at least 4 members (excludes halogenated alkanes) is 4. The molecule has 13 heteroatoms. The van der Waals surface area contributed by atoms with E-state index in [9.17, 15) is 28.6 Å². The number of esters is 1. The van der Waals surface area contributed by atoms with Gasteiger partial charge in [0, 0.05) is 106 Å². The van der Waals surface area contributed by atoms with Crippen molar-refractivity contribution in [1.82, 2.24) is 15.1 Å². The highest BCUT2D eigenvalue weighted by molar-refractivity contribution is 6.12. The number of nitrogens with two attached hydrogens (primary N) is 1. The summed E-state index contributed by atoms with van der Waals surface area (Å²) in [6, 6.07) is 3.34. The summed E-state index contributed by atoms with van der Waals surface area (Å²) >= 11 is 0. The highest BCUT2D eigenvalue weighted by Gasteiger charge is 2.32. The Morgan fingerprint density at radius 1 is 1.04 bits per heavy atom. The third kappa shape index (κ3) is 9.91. The van der Waals surface area contributed by atoms with Crippen molar-refractivity contribution in [1.29, 1.82) is 5.41 Å². The first-order chi connectivity index (χ1) is 24.1. The van der Waals surface area contributed by atoms with Gasteiger partial charge in [0.1, 0.15) is 5.84 Å². The maximum Gasteiger partial charge on any atom is 0.305 e. The molecule has 0 aromatic heterocycles. The van der Waals surface area contributed by atoms with Gasteiger partial charge in [-0.3, -0.25) is 24.8 Å². The number of amides is 2. The van der Waals surface area contributed by atoms with E-state index in [-0.39, 0.29) is 41.8 Å². The highest BCUT2D eigenvalue weighted by Crippen LogP contribution is 2.38. The minimum absolute atomic E-state index is 0.0790. The second kappa shape index (κ2) is 18.6. The van der Waals surface area contributed by atoms with Crippen molar-refractivity contribution in [2.75, 3.05) is 51.8 Å². The van der Waals surface area contributed by atoms with E-state index in [2.05, 4.69) is 15.0 Å². The van der Waals surface area contributed by atoms with Crippen LogP contribution in [0.25, 0.3) is 5.57 Å². The van der Waals surface area contributed by atoms with Crippen LogP contribution >= 0.6 is 0 Å². The molecule has 4 rings (SSSR count). The van der Waals surface area contributed by atoms with Crippen molar-refractivity contribution < 1.29 is 27.9 Å². The number of piperidine rings is 1. The number of amidine groups is 1. The van der Waals surface area contributed by atoms with E-state index in [0.717, 1.165) is 62.6 Å². The fraction of sp³-hybridized carbons (Fsp3) is 0.595. The zero-order valence-corrected chi connectivity index (χ0v) is 29.7. The van der Waals surface area contributed by atoms with Crippen LogP contribution in [0.5, 0.6) is 0 Å². The topological polar surface area (TPSA) is 144 Å². The number of alkyl halides is 2. The number of anilines is 1. The molecule has 0 atom stereocenters. The number of carbonyl (C=O) groups excluding carboxylic acids is 3. The third-order valence-corrected chi connectivity index (χ3v) is 9.93. The number of methoxy groups -OCH3 is 1. The van der Waals surface area contributed by atoms with Gasteiger partial charge in [0.2, 0.25) is 11.8 Å². The molecular formula is C37H53F2N7O4. The Labute approximate surface area is 294 Å². The van der Waals surface area contributed by atoms with Gasteiger partial charge in [-0.25, -0.2) is 8.78 Å². The zero-order valence-electron chi connectivity index (χ0n) is 29.7. The van der Waals surface area contributed by atoms with Crippen LogP contribution in [-0.2, 0) is 25.5 Å². The lowest BCUT2D eigenvalue weighted by molar-refractivity contribution is -0.140. The van der Waals surface area contributed by atoms with Crippen LogP contribution in [0.15, 0.2) is 34.6 Å². The number of allylic oxidation sites excluding steroid dienone is 1. The average Bonchev–Trinajstić information content (AvgIpc) is 3.12. The number of ether oxygens (including phenoxy) is 1. The molecule has 0 unspecified atom stereocenters. The summed E-state index contributed by atoms with van der Waals surface area (Å²) in [5, 5.41) is 13.1. The van der Waals surface area contributed by atoms with Crippen molar-refractivity contribution >= 4 is 41.1 Å². The Balaban J connectivity index is 1.44. The van der Waals surface area contributed by atoms with Crippen molar-refractivity contribution in [3.8, 4) is 0 Å². The number of likely N-dealkylation sites (tertiary alicyclic amines) is 1. The molecule has 0 bridgehead atoms. The average molecular weight is 698 g/mol. The molecule has 1 saturated heterocycles. The molecule has 1 aromatic rings. The number of hydrogen-bond acceptors (Lipinski definition) is 8. The number of nitrogens with one attached hydrogen (secondary N) is 2. The van der Waals surface area contributed by atoms with E-state index in [1.165, 1.54) is 32.5 Å². The first-order valence-electron chi connectivity index (χ1n) is 17.8. The quantitative estimate of drug-likeness (QED) is 0.103. The Kier molecular flexibility index (Phi) is 14.4. The molecule has 0 saturated carbocycles. The Bertz CT molecular complexity index is 1480. The summed E-state index contributed by atoms with van der Waals surface area (Å²) in [6.45, 7) is 4.10.